The molecule has 0 aliphatic rings. The van der Waals surface area contributed by atoms with Gasteiger partial charge in [-0.2, -0.15) is 0 Å². The zero-order chi connectivity index (χ0) is 9.68. The van der Waals surface area contributed by atoms with E-state index in [1.165, 1.54) is 6.07 Å². The minimum atomic E-state index is -0.196. The van der Waals surface area contributed by atoms with Crippen LogP contribution in [0.1, 0.15) is 18.1 Å². The Labute approximate surface area is 78.3 Å². The first-order valence-electron chi connectivity index (χ1n) is 4.39. The van der Waals surface area contributed by atoms with Gasteiger partial charge in [0.2, 0.25) is 0 Å². The van der Waals surface area contributed by atoms with Gasteiger partial charge in [0, 0.05) is 6.54 Å². The van der Waals surface area contributed by atoms with Crippen molar-refractivity contribution in [3.8, 4) is 0 Å². The molecule has 0 heterocycles. The first-order chi connectivity index (χ1) is 6.27. The summed E-state index contributed by atoms with van der Waals surface area (Å²) in [6.45, 7) is 7.27. The molecule has 1 rings (SSSR count). The maximum absolute atomic E-state index is 12.8. The van der Waals surface area contributed by atoms with E-state index in [9.17, 15) is 4.39 Å². The molecular formula is C11H14FN. The Kier molecular flexibility index (Phi) is 3.65. The van der Waals surface area contributed by atoms with Crippen molar-refractivity contribution in [2.75, 3.05) is 6.54 Å². The monoisotopic (exact) mass is 179 g/mol. The largest absolute Gasteiger partial charge is 0.313 e. The molecule has 0 bridgehead atoms. The number of rotatable bonds is 4. The van der Waals surface area contributed by atoms with Crippen LogP contribution in [0.15, 0.2) is 24.8 Å². The van der Waals surface area contributed by atoms with Crippen LogP contribution in [0.25, 0.3) is 6.08 Å². The minimum Gasteiger partial charge on any atom is -0.313 e. The quantitative estimate of drug-likeness (QED) is 0.749. The van der Waals surface area contributed by atoms with Crippen molar-refractivity contribution >= 4 is 6.08 Å². The fourth-order valence-corrected chi connectivity index (χ4v) is 1.19. The van der Waals surface area contributed by atoms with Gasteiger partial charge in [0.05, 0.1) is 0 Å². The Morgan fingerprint density at radius 3 is 2.92 bits per heavy atom. The lowest BCUT2D eigenvalue weighted by Crippen LogP contribution is -2.12. The van der Waals surface area contributed by atoms with E-state index in [2.05, 4.69) is 11.9 Å². The number of benzene rings is 1. The van der Waals surface area contributed by atoms with Gasteiger partial charge in [0.1, 0.15) is 5.82 Å². The second-order valence-corrected chi connectivity index (χ2v) is 2.83. The number of hydrogen-bond donors (Lipinski definition) is 1. The summed E-state index contributed by atoms with van der Waals surface area (Å²) in [4.78, 5) is 0. The lowest BCUT2D eigenvalue weighted by molar-refractivity contribution is 0.621. The third-order valence-electron chi connectivity index (χ3n) is 1.89. The Hall–Kier alpha value is -1.15. The summed E-state index contributed by atoms with van der Waals surface area (Å²) >= 11 is 0. The van der Waals surface area contributed by atoms with Gasteiger partial charge >= 0.3 is 0 Å². The third-order valence-corrected chi connectivity index (χ3v) is 1.89. The number of hydrogen-bond acceptors (Lipinski definition) is 1. The van der Waals surface area contributed by atoms with Crippen LogP contribution in [0.3, 0.4) is 0 Å². The van der Waals surface area contributed by atoms with E-state index in [1.807, 2.05) is 6.92 Å². The van der Waals surface area contributed by atoms with Gasteiger partial charge in [-0.25, -0.2) is 4.39 Å². The molecule has 0 radical (unpaired) electrons. The Morgan fingerprint density at radius 2 is 2.31 bits per heavy atom. The Morgan fingerprint density at radius 1 is 1.54 bits per heavy atom. The van der Waals surface area contributed by atoms with Gasteiger partial charge in [-0.05, 0) is 29.8 Å². The average molecular weight is 179 g/mol. The molecule has 0 atom stereocenters. The second-order valence-electron chi connectivity index (χ2n) is 2.83. The highest BCUT2D eigenvalue weighted by Gasteiger charge is 1.99. The van der Waals surface area contributed by atoms with Gasteiger partial charge in [0.15, 0.2) is 0 Å². The molecule has 2 heteroatoms. The molecule has 0 aliphatic heterocycles. The molecule has 0 spiro atoms. The third kappa shape index (κ3) is 2.67. The highest BCUT2D eigenvalue weighted by Crippen LogP contribution is 2.12. The molecule has 70 valence electrons. The van der Waals surface area contributed by atoms with Crippen molar-refractivity contribution in [3.05, 3.63) is 41.7 Å². The fraction of sp³-hybridized carbons (Fsp3) is 0.273. The van der Waals surface area contributed by atoms with Gasteiger partial charge in [-0.15, -0.1) is 0 Å². The van der Waals surface area contributed by atoms with Crippen LogP contribution >= 0.6 is 0 Å². The summed E-state index contributed by atoms with van der Waals surface area (Å²) in [6.07, 6.45) is 1.74. The molecule has 0 aliphatic carbocycles. The summed E-state index contributed by atoms with van der Waals surface area (Å²) < 4.78 is 12.8. The molecule has 0 unspecified atom stereocenters. The number of nitrogens with one attached hydrogen (secondary N) is 1. The summed E-state index contributed by atoms with van der Waals surface area (Å²) in [6, 6.07) is 4.74. The fourth-order valence-electron chi connectivity index (χ4n) is 1.19. The van der Waals surface area contributed by atoms with Gasteiger partial charge < -0.3 is 5.32 Å². The molecule has 0 amide bonds. The Bertz CT molecular complexity index is 294. The molecule has 0 aromatic heterocycles. The van der Waals surface area contributed by atoms with Crippen molar-refractivity contribution in [2.24, 2.45) is 0 Å². The van der Waals surface area contributed by atoms with Crippen LogP contribution in [-0.2, 0) is 6.54 Å². The van der Waals surface area contributed by atoms with Crippen molar-refractivity contribution in [1.29, 1.82) is 0 Å². The zero-order valence-electron chi connectivity index (χ0n) is 7.81. The standard InChI is InChI=1S/C11H14FN/c1-3-9-5-6-11(12)7-10(9)8-13-4-2/h3,5-7,13H,1,4,8H2,2H3. The van der Waals surface area contributed by atoms with E-state index in [4.69, 9.17) is 0 Å². The molecule has 0 saturated heterocycles. The van der Waals surface area contributed by atoms with E-state index < -0.39 is 0 Å². The minimum absolute atomic E-state index is 0.196. The molecule has 0 saturated carbocycles. The predicted molar refractivity (Wildman–Crippen MR) is 53.9 cm³/mol. The van der Waals surface area contributed by atoms with Crippen molar-refractivity contribution in [2.45, 2.75) is 13.5 Å². The van der Waals surface area contributed by atoms with Crippen LogP contribution in [0.2, 0.25) is 0 Å². The van der Waals surface area contributed by atoms with Gasteiger partial charge in [0.25, 0.3) is 0 Å². The van der Waals surface area contributed by atoms with E-state index >= 15 is 0 Å². The van der Waals surface area contributed by atoms with E-state index in [1.54, 1.807) is 18.2 Å². The summed E-state index contributed by atoms with van der Waals surface area (Å²) in [5, 5.41) is 3.15. The number of halogens is 1. The molecule has 1 aromatic rings. The van der Waals surface area contributed by atoms with E-state index in [-0.39, 0.29) is 5.82 Å². The molecule has 1 aromatic carbocycles. The molecule has 13 heavy (non-hydrogen) atoms. The topological polar surface area (TPSA) is 12.0 Å². The van der Waals surface area contributed by atoms with Crippen LogP contribution < -0.4 is 5.32 Å². The molecular weight excluding hydrogens is 165 g/mol. The van der Waals surface area contributed by atoms with E-state index in [0.29, 0.717) is 6.54 Å². The SMILES string of the molecule is C=Cc1ccc(F)cc1CNCC. The average Bonchev–Trinajstić information content (AvgIpc) is 2.15. The summed E-state index contributed by atoms with van der Waals surface area (Å²) in [7, 11) is 0. The normalized spacial score (nSPS) is 10.0. The molecule has 0 fully saturated rings. The van der Waals surface area contributed by atoms with Crippen LogP contribution in [-0.4, -0.2) is 6.54 Å². The zero-order valence-corrected chi connectivity index (χ0v) is 7.81. The van der Waals surface area contributed by atoms with Crippen LogP contribution in [0.4, 0.5) is 4.39 Å². The highest BCUT2D eigenvalue weighted by atomic mass is 19.1. The first kappa shape index (κ1) is 9.93. The van der Waals surface area contributed by atoms with Crippen molar-refractivity contribution in [3.63, 3.8) is 0 Å². The Balaban J connectivity index is 2.87. The smallest absolute Gasteiger partial charge is 0.123 e. The first-order valence-corrected chi connectivity index (χ1v) is 4.39. The van der Waals surface area contributed by atoms with Gasteiger partial charge in [-0.1, -0.05) is 25.6 Å². The predicted octanol–water partition coefficient (Wildman–Crippen LogP) is 2.58. The highest BCUT2D eigenvalue weighted by molar-refractivity contribution is 5.51. The maximum atomic E-state index is 12.8. The molecule has 1 nitrogen and oxygen atoms in total. The second kappa shape index (κ2) is 4.77. The molecule has 1 N–H and O–H groups in total. The van der Waals surface area contributed by atoms with Crippen molar-refractivity contribution < 1.29 is 4.39 Å². The van der Waals surface area contributed by atoms with Crippen LogP contribution in [0.5, 0.6) is 0 Å². The lowest BCUT2D eigenvalue weighted by atomic mass is 10.1. The summed E-state index contributed by atoms with van der Waals surface area (Å²) in [5.74, 6) is -0.196. The lowest BCUT2D eigenvalue weighted by Gasteiger charge is -2.06. The van der Waals surface area contributed by atoms with Crippen LogP contribution in [0, 0.1) is 5.82 Å². The summed E-state index contributed by atoms with van der Waals surface area (Å²) in [5.41, 5.74) is 1.94. The maximum Gasteiger partial charge on any atom is 0.123 e. The van der Waals surface area contributed by atoms with E-state index in [0.717, 1.165) is 17.7 Å². The van der Waals surface area contributed by atoms with Crippen molar-refractivity contribution in [1.82, 2.24) is 5.32 Å². The van der Waals surface area contributed by atoms with Gasteiger partial charge in [-0.3, -0.25) is 0 Å².